The number of amides is 3. The van der Waals surface area contributed by atoms with Crippen LogP contribution in [0, 0.1) is 23.2 Å². The molecule has 6 atom stereocenters. The molecule has 3 N–H and O–H groups in total. The van der Waals surface area contributed by atoms with Crippen LogP contribution in [0.4, 0.5) is 0 Å². The summed E-state index contributed by atoms with van der Waals surface area (Å²) < 4.78 is 0. The van der Waals surface area contributed by atoms with E-state index in [1.807, 2.05) is 79.4 Å². The third-order valence-electron chi connectivity index (χ3n) is 9.73. The molecule has 8 heteroatoms. The predicted molar refractivity (Wildman–Crippen MR) is 161 cm³/mol. The molecule has 0 bridgehead atoms. The summed E-state index contributed by atoms with van der Waals surface area (Å²) in [6.07, 6.45) is 2.39. The molecule has 3 aliphatic rings. The van der Waals surface area contributed by atoms with Crippen LogP contribution in [0.2, 0.25) is 0 Å². The number of likely N-dealkylation sites (tertiary alicyclic amines) is 1. The summed E-state index contributed by atoms with van der Waals surface area (Å²) in [5, 5.41) is 7.14. The maximum atomic E-state index is 13.8. The Morgan fingerprint density at radius 3 is 2.48 bits per heavy atom. The lowest BCUT2D eigenvalue weighted by atomic mass is 9.73. The second-order valence-electron chi connectivity index (χ2n) is 12.8. The molecule has 0 spiro atoms. The molecule has 0 radical (unpaired) electrons. The van der Waals surface area contributed by atoms with Gasteiger partial charge in [-0.1, -0.05) is 75.4 Å². The quantitative estimate of drug-likeness (QED) is 0.330. The minimum atomic E-state index is -0.696. The summed E-state index contributed by atoms with van der Waals surface area (Å²) in [5.41, 5.74) is 3.21. The number of piperidine rings is 2. The molecule has 4 unspecified atom stereocenters. The highest BCUT2D eigenvalue weighted by atomic mass is 16.2. The number of benzene rings is 2. The first-order valence-corrected chi connectivity index (χ1v) is 14.7. The highest BCUT2D eigenvalue weighted by molar-refractivity contribution is 6.00. The van der Waals surface area contributed by atoms with Crippen LogP contribution in [0.3, 0.4) is 0 Å². The fraction of sp³-hybridized carbons (Fsp3) is 0.353. The Morgan fingerprint density at radius 1 is 1.00 bits per heavy atom. The summed E-state index contributed by atoms with van der Waals surface area (Å²) >= 11 is 0. The van der Waals surface area contributed by atoms with Crippen LogP contribution in [0.25, 0.3) is 22.0 Å². The molecule has 2 aromatic heterocycles. The monoisotopic (exact) mass is 561 g/mol. The van der Waals surface area contributed by atoms with E-state index in [-0.39, 0.29) is 29.8 Å². The van der Waals surface area contributed by atoms with Crippen molar-refractivity contribution in [2.45, 2.75) is 45.3 Å². The van der Waals surface area contributed by atoms with Gasteiger partial charge in [-0.05, 0) is 53.4 Å². The van der Waals surface area contributed by atoms with E-state index in [0.29, 0.717) is 42.1 Å². The van der Waals surface area contributed by atoms with Crippen LogP contribution in [-0.2, 0) is 4.79 Å². The maximum absolute atomic E-state index is 13.8. The number of para-hydroxylation sites is 1. The van der Waals surface area contributed by atoms with E-state index in [2.05, 4.69) is 27.5 Å². The Morgan fingerprint density at radius 2 is 1.76 bits per heavy atom. The maximum Gasteiger partial charge on any atom is 0.272 e. The normalized spacial score (nSPS) is 27.8. The predicted octanol–water partition coefficient (Wildman–Crippen LogP) is 4.65. The van der Waals surface area contributed by atoms with E-state index >= 15 is 0 Å². The van der Waals surface area contributed by atoms with Crippen molar-refractivity contribution in [3.63, 3.8) is 0 Å². The van der Waals surface area contributed by atoms with Gasteiger partial charge in [0.15, 0.2) is 0 Å². The molecule has 4 aromatic rings. The fourth-order valence-electron chi connectivity index (χ4n) is 7.39. The molecule has 3 amide bonds. The molecular weight excluding hydrogens is 526 g/mol. The van der Waals surface area contributed by atoms with Crippen LogP contribution in [0.5, 0.6) is 0 Å². The number of aromatic amines is 1. The van der Waals surface area contributed by atoms with Gasteiger partial charge in [0.25, 0.3) is 11.8 Å². The fourth-order valence-corrected chi connectivity index (χ4v) is 7.39. The zero-order valence-corrected chi connectivity index (χ0v) is 24.0. The number of hydrogen-bond acceptors (Lipinski definition) is 4. The van der Waals surface area contributed by atoms with Gasteiger partial charge in [0.2, 0.25) is 5.91 Å². The Balaban J connectivity index is 1.08. The molecule has 1 saturated carbocycles. The Kier molecular flexibility index (Phi) is 6.18. The first-order valence-electron chi connectivity index (χ1n) is 14.7. The van der Waals surface area contributed by atoms with Gasteiger partial charge in [-0.2, -0.15) is 0 Å². The van der Waals surface area contributed by atoms with E-state index in [9.17, 15) is 14.4 Å². The number of nitrogens with one attached hydrogen (secondary N) is 3. The number of H-pyrrole nitrogens is 1. The number of nitrogens with zero attached hydrogens (tertiary/aromatic N) is 2. The van der Waals surface area contributed by atoms with E-state index < -0.39 is 11.5 Å². The van der Waals surface area contributed by atoms with Crippen molar-refractivity contribution >= 4 is 28.6 Å². The van der Waals surface area contributed by atoms with Crippen molar-refractivity contribution < 1.29 is 14.4 Å². The van der Waals surface area contributed by atoms with Crippen molar-refractivity contribution in [3.8, 4) is 11.1 Å². The SMILES string of the molecule is CC1C2CN(C(=O)c3ccc(-c4ccccc4)cn3)C([C@@H]3CC(C)(C)[C@H](NC(=O)c4cc5ccccc5[nH]4)C(=O)N3)C12. The van der Waals surface area contributed by atoms with Crippen LogP contribution < -0.4 is 10.6 Å². The standard InChI is InChI=1S/C34H35N5O3/c1-19-23-18-39(33(42)25-14-13-22(17-35-25)20-9-5-4-6-10-20)29(28(19)23)27-16-34(2,3)30(32(41)37-27)38-31(40)26-15-21-11-7-8-12-24(21)36-26/h4-15,17,19,23,27-30,36H,16,18H2,1-3H3,(H,37,41)(H,38,40)/t19?,23?,27-,28?,29?,30+/m0/s1. The van der Waals surface area contributed by atoms with Gasteiger partial charge in [0.1, 0.15) is 17.4 Å². The zero-order chi connectivity index (χ0) is 29.2. The molecule has 2 saturated heterocycles. The first kappa shape index (κ1) is 26.4. The zero-order valence-electron chi connectivity index (χ0n) is 24.0. The number of aromatic nitrogens is 2. The van der Waals surface area contributed by atoms with Crippen LogP contribution >= 0.6 is 0 Å². The number of pyridine rings is 1. The molecule has 214 valence electrons. The Labute approximate surface area is 244 Å². The van der Waals surface area contributed by atoms with Crippen LogP contribution in [0.1, 0.15) is 48.2 Å². The van der Waals surface area contributed by atoms with Crippen molar-refractivity contribution in [2.24, 2.45) is 23.2 Å². The summed E-state index contributed by atoms with van der Waals surface area (Å²) in [7, 11) is 0. The van der Waals surface area contributed by atoms with Crippen molar-refractivity contribution in [3.05, 3.63) is 90.4 Å². The molecule has 8 nitrogen and oxygen atoms in total. The van der Waals surface area contributed by atoms with Crippen LogP contribution in [0.15, 0.2) is 79.0 Å². The minimum absolute atomic E-state index is 0.0969. The third kappa shape index (κ3) is 4.46. The lowest BCUT2D eigenvalue weighted by Gasteiger charge is -2.46. The summed E-state index contributed by atoms with van der Waals surface area (Å²) in [4.78, 5) is 50.2. The highest BCUT2D eigenvalue weighted by Crippen LogP contribution is 2.57. The van der Waals surface area contributed by atoms with E-state index in [4.69, 9.17) is 0 Å². The van der Waals surface area contributed by atoms with Gasteiger partial charge in [-0.25, -0.2) is 0 Å². The van der Waals surface area contributed by atoms with Crippen LogP contribution in [-0.4, -0.2) is 57.3 Å². The number of hydrogen-bond donors (Lipinski definition) is 3. The smallest absolute Gasteiger partial charge is 0.272 e. The van der Waals surface area contributed by atoms with Gasteiger partial charge < -0.3 is 20.5 Å². The van der Waals surface area contributed by atoms with E-state index in [1.54, 1.807) is 18.3 Å². The van der Waals surface area contributed by atoms with E-state index in [1.165, 1.54) is 0 Å². The molecule has 4 heterocycles. The third-order valence-corrected chi connectivity index (χ3v) is 9.73. The van der Waals surface area contributed by atoms with Crippen molar-refractivity contribution in [1.29, 1.82) is 0 Å². The average molecular weight is 562 g/mol. The number of carbonyl (C=O) groups excluding carboxylic acids is 3. The largest absolute Gasteiger partial charge is 0.351 e. The van der Waals surface area contributed by atoms with E-state index in [0.717, 1.165) is 22.0 Å². The second-order valence-corrected chi connectivity index (χ2v) is 12.8. The number of fused-ring (bicyclic) bond motifs is 2. The molecule has 2 aromatic carbocycles. The minimum Gasteiger partial charge on any atom is -0.351 e. The molecule has 2 aliphatic heterocycles. The Hall–Kier alpha value is -4.46. The van der Waals surface area contributed by atoms with Crippen molar-refractivity contribution in [1.82, 2.24) is 25.5 Å². The van der Waals surface area contributed by atoms with Gasteiger partial charge in [0, 0.05) is 29.2 Å². The lowest BCUT2D eigenvalue weighted by Crippen LogP contribution is -2.66. The van der Waals surface area contributed by atoms with Gasteiger partial charge in [-0.3, -0.25) is 19.4 Å². The van der Waals surface area contributed by atoms with Gasteiger partial charge in [-0.15, -0.1) is 0 Å². The van der Waals surface area contributed by atoms with Gasteiger partial charge >= 0.3 is 0 Å². The van der Waals surface area contributed by atoms with Gasteiger partial charge in [0.05, 0.1) is 12.1 Å². The topological polar surface area (TPSA) is 107 Å². The summed E-state index contributed by atoms with van der Waals surface area (Å²) in [6, 6.07) is 22.2. The second kappa shape index (κ2) is 9.82. The number of carbonyl (C=O) groups is 3. The summed E-state index contributed by atoms with van der Waals surface area (Å²) in [6.45, 7) is 6.95. The molecule has 3 fully saturated rings. The molecule has 1 aliphatic carbocycles. The van der Waals surface area contributed by atoms with Crippen molar-refractivity contribution in [2.75, 3.05) is 6.54 Å². The first-order chi connectivity index (χ1) is 20.2. The Bertz CT molecular complexity index is 1650. The molecule has 7 rings (SSSR count). The average Bonchev–Trinajstić information content (AvgIpc) is 3.33. The molecule has 42 heavy (non-hydrogen) atoms. The lowest BCUT2D eigenvalue weighted by molar-refractivity contribution is -0.130. The number of rotatable bonds is 5. The summed E-state index contributed by atoms with van der Waals surface area (Å²) in [5.74, 6) is 0.664. The highest BCUT2D eigenvalue weighted by Gasteiger charge is 2.63. The molecular formula is C34H35N5O3.